The second-order valence-electron chi connectivity index (χ2n) is 7.11. The number of aromatic nitrogens is 2. The predicted molar refractivity (Wildman–Crippen MR) is 99.5 cm³/mol. The van der Waals surface area contributed by atoms with Gasteiger partial charge in [0.2, 0.25) is 0 Å². The molecule has 1 saturated heterocycles. The van der Waals surface area contributed by atoms with E-state index in [2.05, 4.69) is 28.4 Å². The van der Waals surface area contributed by atoms with Gasteiger partial charge in [0.25, 0.3) is 5.56 Å². The summed E-state index contributed by atoms with van der Waals surface area (Å²) in [4.78, 5) is 26.3. The van der Waals surface area contributed by atoms with Gasteiger partial charge in [-0.3, -0.25) is 13.9 Å². The molecular formula is C19H24N4O3. The van der Waals surface area contributed by atoms with Crippen LogP contribution in [0.4, 0.5) is 5.82 Å². The molecule has 0 amide bonds. The van der Waals surface area contributed by atoms with E-state index in [4.69, 9.17) is 4.74 Å². The summed E-state index contributed by atoms with van der Waals surface area (Å²) in [6.45, 7) is 2.91. The van der Waals surface area contributed by atoms with E-state index in [1.165, 1.54) is 18.2 Å². The highest BCUT2D eigenvalue weighted by Gasteiger charge is 2.29. The monoisotopic (exact) mass is 356 g/mol. The Hall–Kier alpha value is -2.38. The van der Waals surface area contributed by atoms with E-state index in [-0.39, 0.29) is 23.3 Å². The number of benzene rings is 1. The van der Waals surface area contributed by atoms with Crippen molar-refractivity contribution in [2.24, 2.45) is 14.1 Å². The van der Waals surface area contributed by atoms with Crippen LogP contribution in [0.5, 0.6) is 0 Å². The molecule has 0 aliphatic carbocycles. The molecule has 1 unspecified atom stereocenters. The van der Waals surface area contributed by atoms with Crippen LogP contribution in [0.2, 0.25) is 0 Å². The first-order valence-electron chi connectivity index (χ1n) is 8.98. The Morgan fingerprint density at radius 3 is 2.81 bits per heavy atom. The van der Waals surface area contributed by atoms with Crippen LogP contribution in [0, 0.1) is 0 Å². The van der Waals surface area contributed by atoms with Crippen molar-refractivity contribution in [3.8, 4) is 0 Å². The summed E-state index contributed by atoms with van der Waals surface area (Å²) in [5, 5.41) is 3.70. The largest absolute Gasteiger partial charge is 0.375 e. The van der Waals surface area contributed by atoms with Crippen molar-refractivity contribution in [1.29, 1.82) is 0 Å². The van der Waals surface area contributed by atoms with Crippen molar-refractivity contribution in [1.82, 2.24) is 14.5 Å². The van der Waals surface area contributed by atoms with Gasteiger partial charge in [0.05, 0.1) is 19.3 Å². The lowest BCUT2D eigenvalue weighted by Crippen LogP contribution is -2.42. The Morgan fingerprint density at radius 2 is 1.96 bits per heavy atom. The summed E-state index contributed by atoms with van der Waals surface area (Å²) in [6, 6.07) is 10.4. The van der Waals surface area contributed by atoms with Crippen LogP contribution in [0.1, 0.15) is 23.6 Å². The Morgan fingerprint density at radius 1 is 1.15 bits per heavy atom. The number of rotatable bonds is 3. The van der Waals surface area contributed by atoms with Crippen molar-refractivity contribution >= 4 is 5.82 Å². The fourth-order valence-electron chi connectivity index (χ4n) is 3.93. The molecule has 138 valence electrons. The maximum absolute atomic E-state index is 12.2. The van der Waals surface area contributed by atoms with Gasteiger partial charge in [-0.1, -0.05) is 24.3 Å². The topological polar surface area (TPSA) is 68.5 Å². The second kappa shape index (κ2) is 6.74. The third kappa shape index (κ3) is 2.97. The first-order chi connectivity index (χ1) is 12.5. The highest BCUT2D eigenvalue weighted by Crippen LogP contribution is 2.26. The Balaban J connectivity index is 1.51. The number of nitrogens with zero attached hydrogens (tertiary/aromatic N) is 3. The maximum Gasteiger partial charge on any atom is 0.332 e. The van der Waals surface area contributed by atoms with Gasteiger partial charge in [-0.15, -0.1) is 0 Å². The summed E-state index contributed by atoms with van der Waals surface area (Å²) in [5.74, 6) is 0.683. The van der Waals surface area contributed by atoms with E-state index in [9.17, 15) is 9.59 Å². The van der Waals surface area contributed by atoms with Gasteiger partial charge in [0.1, 0.15) is 5.82 Å². The standard InChI is InChI=1S/C19H24N4O3/c1-21-17(9-18(24)22(2)19(21)25)23-8-7-14(10-23)20-16-12-26-11-13-5-3-4-6-15(13)16/h3-6,9,14,16,20H,7-8,10-12H2,1-2H3/t14-,16?/m1/s1. The molecule has 2 aromatic rings. The minimum Gasteiger partial charge on any atom is -0.375 e. The summed E-state index contributed by atoms with van der Waals surface area (Å²) in [6.07, 6.45) is 0.960. The number of fused-ring (bicyclic) bond motifs is 1. The minimum absolute atomic E-state index is 0.178. The van der Waals surface area contributed by atoms with E-state index in [1.807, 2.05) is 6.07 Å². The minimum atomic E-state index is -0.293. The highest BCUT2D eigenvalue weighted by molar-refractivity contribution is 5.40. The van der Waals surface area contributed by atoms with Crippen LogP contribution >= 0.6 is 0 Å². The fourth-order valence-corrected chi connectivity index (χ4v) is 3.93. The Bertz CT molecular complexity index is 933. The molecule has 0 saturated carbocycles. The van der Waals surface area contributed by atoms with Crippen molar-refractivity contribution in [2.45, 2.75) is 25.1 Å². The number of ether oxygens (including phenoxy) is 1. The molecule has 0 spiro atoms. The van der Waals surface area contributed by atoms with Crippen LogP contribution in [-0.2, 0) is 25.4 Å². The molecule has 1 N–H and O–H groups in total. The zero-order valence-electron chi connectivity index (χ0n) is 15.1. The van der Waals surface area contributed by atoms with Crippen molar-refractivity contribution < 1.29 is 4.74 Å². The molecular weight excluding hydrogens is 332 g/mol. The quantitative estimate of drug-likeness (QED) is 0.869. The van der Waals surface area contributed by atoms with E-state index >= 15 is 0 Å². The molecule has 7 nitrogen and oxygen atoms in total. The lowest BCUT2D eigenvalue weighted by Gasteiger charge is -2.29. The lowest BCUT2D eigenvalue weighted by molar-refractivity contribution is 0.0792. The van der Waals surface area contributed by atoms with Gasteiger partial charge in [0.15, 0.2) is 0 Å². The molecule has 1 aromatic carbocycles. The second-order valence-corrected chi connectivity index (χ2v) is 7.11. The highest BCUT2D eigenvalue weighted by atomic mass is 16.5. The first-order valence-corrected chi connectivity index (χ1v) is 8.98. The molecule has 0 bridgehead atoms. The van der Waals surface area contributed by atoms with Gasteiger partial charge in [-0.05, 0) is 17.5 Å². The van der Waals surface area contributed by atoms with Crippen LogP contribution in [0.3, 0.4) is 0 Å². The van der Waals surface area contributed by atoms with Crippen molar-refractivity contribution in [2.75, 3.05) is 24.6 Å². The summed E-state index contributed by atoms with van der Waals surface area (Å²) in [7, 11) is 3.21. The molecule has 2 atom stereocenters. The van der Waals surface area contributed by atoms with Gasteiger partial charge in [0, 0.05) is 39.3 Å². The average Bonchev–Trinajstić information content (AvgIpc) is 3.11. The van der Waals surface area contributed by atoms with E-state index < -0.39 is 0 Å². The normalized spacial score (nSPS) is 22.5. The molecule has 0 radical (unpaired) electrons. The van der Waals surface area contributed by atoms with Crippen LogP contribution < -0.4 is 21.5 Å². The van der Waals surface area contributed by atoms with E-state index in [1.54, 1.807) is 17.7 Å². The molecule has 3 heterocycles. The molecule has 2 aliphatic heterocycles. The van der Waals surface area contributed by atoms with Gasteiger partial charge in [-0.2, -0.15) is 0 Å². The van der Waals surface area contributed by atoms with Crippen LogP contribution in [0.25, 0.3) is 0 Å². The zero-order chi connectivity index (χ0) is 18.3. The summed E-state index contributed by atoms with van der Waals surface area (Å²) >= 11 is 0. The number of hydrogen-bond acceptors (Lipinski definition) is 5. The van der Waals surface area contributed by atoms with Gasteiger partial charge >= 0.3 is 5.69 Å². The van der Waals surface area contributed by atoms with Crippen LogP contribution in [0.15, 0.2) is 39.9 Å². The van der Waals surface area contributed by atoms with Crippen LogP contribution in [-0.4, -0.2) is 34.9 Å². The van der Waals surface area contributed by atoms with Gasteiger partial charge < -0.3 is 15.0 Å². The summed E-state index contributed by atoms with van der Waals surface area (Å²) < 4.78 is 8.40. The Kier molecular flexibility index (Phi) is 4.42. The molecule has 2 aliphatic rings. The predicted octanol–water partition coefficient (Wildman–Crippen LogP) is 0.524. The molecule has 7 heteroatoms. The van der Waals surface area contributed by atoms with Gasteiger partial charge in [-0.25, -0.2) is 4.79 Å². The van der Waals surface area contributed by atoms with E-state index in [0.717, 1.165) is 24.1 Å². The third-order valence-corrected chi connectivity index (χ3v) is 5.42. The number of hydrogen-bond donors (Lipinski definition) is 1. The lowest BCUT2D eigenvalue weighted by atomic mass is 9.98. The van der Waals surface area contributed by atoms with Crippen molar-refractivity contribution in [3.63, 3.8) is 0 Å². The molecule has 4 rings (SSSR count). The van der Waals surface area contributed by atoms with E-state index in [0.29, 0.717) is 19.0 Å². The fraction of sp³-hybridized carbons (Fsp3) is 0.474. The molecule has 1 fully saturated rings. The Labute approximate surface area is 151 Å². The summed E-state index contributed by atoms with van der Waals surface area (Å²) in [5.41, 5.74) is 1.98. The molecule has 26 heavy (non-hydrogen) atoms. The number of anilines is 1. The molecule has 1 aromatic heterocycles. The smallest absolute Gasteiger partial charge is 0.332 e. The zero-order valence-corrected chi connectivity index (χ0v) is 15.1. The van der Waals surface area contributed by atoms with Crippen molar-refractivity contribution in [3.05, 3.63) is 62.3 Å². The number of nitrogens with one attached hydrogen (secondary N) is 1. The third-order valence-electron chi connectivity index (χ3n) is 5.42. The average molecular weight is 356 g/mol. The maximum atomic E-state index is 12.2. The first kappa shape index (κ1) is 17.1. The SMILES string of the molecule is Cn1c(N2CC[C@@H](NC3COCc4ccccc43)C2)cc(=O)n(C)c1=O.